The molecule has 0 aliphatic rings. The van der Waals surface area contributed by atoms with Gasteiger partial charge >= 0.3 is 0 Å². The van der Waals surface area contributed by atoms with Gasteiger partial charge in [-0.25, -0.2) is 0 Å². The van der Waals surface area contributed by atoms with Gasteiger partial charge in [-0.1, -0.05) is 64.0 Å². The third-order valence-corrected chi connectivity index (χ3v) is 5.45. The van der Waals surface area contributed by atoms with E-state index in [1.54, 1.807) is 11.3 Å². The molecule has 1 aromatic heterocycles. The molecule has 1 aromatic carbocycles. The molecule has 0 aliphatic carbocycles. The maximum atomic E-state index is 6.28. The monoisotopic (exact) mass is 330 g/mol. The van der Waals surface area contributed by atoms with Gasteiger partial charge in [0.2, 0.25) is 0 Å². The molecule has 0 saturated heterocycles. The van der Waals surface area contributed by atoms with Crippen molar-refractivity contribution >= 4 is 38.9 Å². The minimum atomic E-state index is 0.275. The Morgan fingerprint density at radius 2 is 2.18 bits per heavy atom. The summed E-state index contributed by atoms with van der Waals surface area (Å²) < 4.78 is 0. The lowest BCUT2D eigenvalue weighted by Gasteiger charge is -2.02. The second kappa shape index (κ2) is 5.46. The lowest BCUT2D eigenvalue weighted by atomic mass is 10.1. The molecule has 0 amide bonds. The van der Waals surface area contributed by atoms with Crippen molar-refractivity contribution in [3.63, 3.8) is 0 Å². The number of rotatable bonds is 3. The second-order valence-electron chi connectivity index (χ2n) is 3.76. The first-order chi connectivity index (χ1) is 8.13. The number of hydrogen-bond acceptors (Lipinski definition) is 3. The average molecular weight is 332 g/mol. The summed E-state index contributed by atoms with van der Waals surface area (Å²) in [6.45, 7) is 4.10. The molecular formula is C12H12BrClN2S. The Kier molecular flexibility index (Phi) is 4.17. The van der Waals surface area contributed by atoms with E-state index in [1.807, 2.05) is 25.1 Å². The predicted octanol–water partition coefficient (Wildman–Crippen LogP) is 5.01. The zero-order valence-corrected chi connectivity index (χ0v) is 12.7. The van der Waals surface area contributed by atoms with Crippen molar-refractivity contribution in [1.29, 1.82) is 0 Å². The molecule has 1 atom stereocenters. The molecule has 0 spiro atoms. The number of aryl methyl sites for hydroxylation is 1. The summed E-state index contributed by atoms with van der Waals surface area (Å²) in [4.78, 5) is 0.275. The summed E-state index contributed by atoms with van der Waals surface area (Å²) in [5.74, 6) is 0. The molecule has 17 heavy (non-hydrogen) atoms. The van der Waals surface area contributed by atoms with Crippen LogP contribution >= 0.6 is 38.9 Å². The van der Waals surface area contributed by atoms with Gasteiger partial charge in [-0.2, -0.15) is 0 Å². The standard InChI is InChI=1S/C12H12BrClN2S/c1-3-9(13)12-16-15-11(17-12)8-6-4-5-7(2)10(8)14/h4-6,9H,3H2,1-2H3. The van der Waals surface area contributed by atoms with Crippen LogP contribution in [-0.4, -0.2) is 10.2 Å². The molecule has 2 aromatic rings. The Bertz CT molecular complexity index is 527. The summed E-state index contributed by atoms with van der Waals surface area (Å²) in [7, 11) is 0. The van der Waals surface area contributed by atoms with Crippen molar-refractivity contribution in [3.05, 3.63) is 33.8 Å². The molecule has 2 nitrogen and oxygen atoms in total. The molecule has 0 aliphatic heterocycles. The van der Waals surface area contributed by atoms with E-state index in [-0.39, 0.29) is 4.83 Å². The van der Waals surface area contributed by atoms with Crippen LogP contribution in [0.25, 0.3) is 10.6 Å². The molecular weight excluding hydrogens is 320 g/mol. The molecule has 0 N–H and O–H groups in total. The lowest BCUT2D eigenvalue weighted by molar-refractivity contribution is 0.870. The van der Waals surface area contributed by atoms with Crippen molar-refractivity contribution in [1.82, 2.24) is 10.2 Å². The predicted molar refractivity (Wildman–Crippen MR) is 77.1 cm³/mol. The van der Waals surface area contributed by atoms with Crippen LogP contribution in [0.4, 0.5) is 0 Å². The fraction of sp³-hybridized carbons (Fsp3) is 0.333. The summed E-state index contributed by atoms with van der Waals surface area (Å²) in [5.41, 5.74) is 2.03. The van der Waals surface area contributed by atoms with Crippen molar-refractivity contribution in [2.45, 2.75) is 25.1 Å². The summed E-state index contributed by atoms with van der Waals surface area (Å²) in [6, 6.07) is 5.96. The zero-order chi connectivity index (χ0) is 12.4. The molecule has 5 heteroatoms. The highest BCUT2D eigenvalue weighted by Gasteiger charge is 2.15. The van der Waals surface area contributed by atoms with E-state index >= 15 is 0 Å². The highest BCUT2D eigenvalue weighted by Crippen LogP contribution is 2.36. The van der Waals surface area contributed by atoms with E-state index in [2.05, 4.69) is 33.1 Å². The van der Waals surface area contributed by atoms with Gasteiger partial charge in [0.1, 0.15) is 10.0 Å². The summed E-state index contributed by atoms with van der Waals surface area (Å²) in [6.07, 6.45) is 0.996. The van der Waals surface area contributed by atoms with Crippen LogP contribution in [0, 0.1) is 6.92 Å². The quantitative estimate of drug-likeness (QED) is 0.739. The molecule has 1 heterocycles. The van der Waals surface area contributed by atoms with E-state index < -0.39 is 0 Å². The average Bonchev–Trinajstić information content (AvgIpc) is 2.81. The first kappa shape index (κ1) is 13.0. The van der Waals surface area contributed by atoms with Gasteiger partial charge in [0.05, 0.1) is 9.85 Å². The number of alkyl halides is 1. The first-order valence-corrected chi connectivity index (χ1v) is 7.47. The van der Waals surface area contributed by atoms with Gasteiger partial charge in [0.15, 0.2) is 0 Å². The number of hydrogen-bond donors (Lipinski definition) is 0. The molecule has 90 valence electrons. The number of benzene rings is 1. The largest absolute Gasteiger partial charge is 0.149 e. The minimum absolute atomic E-state index is 0.275. The van der Waals surface area contributed by atoms with Crippen LogP contribution in [0.15, 0.2) is 18.2 Å². The van der Waals surface area contributed by atoms with Gasteiger partial charge in [-0.3, -0.25) is 0 Å². The van der Waals surface area contributed by atoms with Crippen LogP contribution in [0.3, 0.4) is 0 Å². The van der Waals surface area contributed by atoms with E-state index in [9.17, 15) is 0 Å². The molecule has 0 bridgehead atoms. The Labute approximate surface area is 118 Å². The fourth-order valence-corrected chi connectivity index (χ4v) is 3.04. The SMILES string of the molecule is CCC(Br)c1nnc(-c2cccc(C)c2Cl)s1. The van der Waals surface area contributed by atoms with Crippen LogP contribution in [0.1, 0.15) is 28.7 Å². The van der Waals surface area contributed by atoms with Crippen LogP contribution < -0.4 is 0 Å². The minimum Gasteiger partial charge on any atom is -0.142 e. The van der Waals surface area contributed by atoms with Crippen molar-refractivity contribution in [2.75, 3.05) is 0 Å². The maximum absolute atomic E-state index is 6.28. The smallest absolute Gasteiger partial charge is 0.142 e. The van der Waals surface area contributed by atoms with Gasteiger partial charge < -0.3 is 0 Å². The van der Waals surface area contributed by atoms with Crippen LogP contribution in [0.5, 0.6) is 0 Å². The van der Waals surface area contributed by atoms with E-state index in [0.717, 1.165) is 32.6 Å². The third kappa shape index (κ3) is 2.69. The molecule has 2 rings (SSSR count). The number of nitrogens with zero attached hydrogens (tertiary/aromatic N) is 2. The summed E-state index contributed by atoms with van der Waals surface area (Å²) in [5, 5.41) is 11.1. The fourth-order valence-electron chi connectivity index (χ4n) is 1.46. The first-order valence-electron chi connectivity index (χ1n) is 5.36. The van der Waals surface area contributed by atoms with E-state index in [0.29, 0.717) is 0 Å². The highest BCUT2D eigenvalue weighted by atomic mass is 79.9. The third-order valence-electron chi connectivity index (χ3n) is 2.49. The van der Waals surface area contributed by atoms with Gasteiger partial charge in [-0.15, -0.1) is 10.2 Å². The van der Waals surface area contributed by atoms with Gasteiger partial charge in [0.25, 0.3) is 0 Å². The Balaban J connectivity index is 2.40. The van der Waals surface area contributed by atoms with Crippen molar-refractivity contribution < 1.29 is 0 Å². The Morgan fingerprint density at radius 3 is 2.88 bits per heavy atom. The normalized spacial score (nSPS) is 12.7. The summed E-state index contributed by atoms with van der Waals surface area (Å²) >= 11 is 11.4. The van der Waals surface area contributed by atoms with Crippen LogP contribution in [0.2, 0.25) is 5.02 Å². The zero-order valence-electron chi connectivity index (χ0n) is 9.58. The second-order valence-corrected chi connectivity index (χ2v) is 6.25. The van der Waals surface area contributed by atoms with Crippen molar-refractivity contribution in [3.8, 4) is 10.6 Å². The molecule has 0 fully saturated rings. The number of aromatic nitrogens is 2. The lowest BCUT2D eigenvalue weighted by Crippen LogP contribution is -1.85. The topological polar surface area (TPSA) is 25.8 Å². The molecule has 1 unspecified atom stereocenters. The molecule has 0 radical (unpaired) electrons. The van der Waals surface area contributed by atoms with E-state index in [1.165, 1.54) is 0 Å². The van der Waals surface area contributed by atoms with E-state index in [4.69, 9.17) is 11.6 Å². The maximum Gasteiger partial charge on any atom is 0.149 e. The Morgan fingerprint density at radius 1 is 1.41 bits per heavy atom. The van der Waals surface area contributed by atoms with Gasteiger partial charge in [-0.05, 0) is 18.9 Å². The number of halogens is 2. The van der Waals surface area contributed by atoms with Crippen molar-refractivity contribution in [2.24, 2.45) is 0 Å². The Hall–Kier alpha value is -0.450. The molecule has 0 saturated carbocycles. The van der Waals surface area contributed by atoms with Crippen LogP contribution in [-0.2, 0) is 0 Å². The van der Waals surface area contributed by atoms with Gasteiger partial charge in [0, 0.05) is 5.56 Å². The highest BCUT2D eigenvalue weighted by molar-refractivity contribution is 9.09.